The number of nitrogens with zero attached hydrogens (tertiary/aromatic N) is 3. The third kappa shape index (κ3) is 3.99. The fourth-order valence-corrected chi connectivity index (χ4v) is 4.54. The van der Waals surface area contributed by atoms with Gasteiger partial charge in [0.15, 0.2) is 5.82 Å². The van der Waals surface area contributed by atoms with Gasteiger partial charge in [0.2, 0.25) is 5.91 Å². The van der Waals surface area contributed by atoms with Crippen LogP contribution in [0, 0.1) is 0 Å². The van der Waals surface area contributed by atoms with Gasteiger partial charge < -0.3 is 9.42 Å². The van der Waals surface area contributed by atoms with Crippen molar-refractivity contribution in [1.29, 1.82) is 0 Å². The zero-order valence-corrected chi connectivity index (χ0v) is 15.8. The lowest BCUT2D eigenvalue weighted by Crippen LogP contribution is -2.30. The van der Waals surface area contributed by atoms with Crippen molar-refractivity contribution >= 4 is 29.0 Å². The maximum Gasteiger partial charge on any atom is 0.258 e. The Balaban J connectivity index is 1.28. The van der Waals surface area contributed by atoms with E-state index in [1.165, 1.54) is 5.56 Å². The minimum Gasteiger partial charge on any atom is -0.341 e. The van der Waals surface area contributed by atoms with E-state index in [-0.39, 0.29) is 11.8 Å². The van der Waals surface area contributed by atoms with Gasteiger partial charge >= 0.3 is 0 Å². The number of thioether (sulfide) groups is 1. The smallest absolute Gasteiger partial charge is 0.258 e. The van der Waals surface area contributed by atoms with Crippen LogP contribution in [0.3, 0.4) is 0 Å². The topological polar surface area (TPSA) is 59.2 Å². The van der Waals surface area contributed by atoms with Crippen molar-refractivity contribution in [3.05, 3.63) is 58.5 Å². The number of likely N-dealkylation sites (tertiary alicyclic amines) is 1. The number of carbonyl (C=O) groups excluding carboxylic acids is 1. The Morgan fingerprint density at radius 2 is 2.19 bits per heavy atom. The first-order chi connectivity index (χ1) is 12.8. The summed E-state index contributed by atoms with van der Waals surface area (Å²) in [6, 6.07) is 12.2. The fraction of sp³-hybridized carbons (Fsp3) is 0.316. The Labute approximate surface area is 160 Å². The van der Waals surface area contributed by atoms with Gasteiger partial charge in [-0.25, -0.2) is 0 Å². The fourth-order valence-electron chi connectivity index (χ4n) is 3.02. The van der Waals surface area contributed by atoms with E-state index in [1.54, 1.807) is 23.1 Å². The van der Waals surface area contributed by atoms with Crippen LogP contribution < -0.4 is 0 Å². The van der Waals surface area contributed by atoms with Crippen molar-refractivity contribution < 1.29 is 9.32 Å². The number of hydrogen-bond acceptors (Lipinski definition) is 6. The molecule has 1 saturated heterocycles. The van der Waals surface area contributed by atoms with Crippen LogP contribution in [-0.4, -0.2) is 39.8 Å². The molecule has 0 radical (unpaired) electrons. The molecule has 26 heavy (non-hydrogen) atoms. The number of aromatic nitrogens is 2. The Bertz CT molecular complexity index is 849. The monoisotopic (exact) mass is 385 g/mol. The Kier molecular flexibility index (Phi) is 5.36. The van der Waals surface area contributed by atoms with Crippen molar-refractivity contribution in [2.45, 2.75) is 18.1 Å². The zero-order chi connectivity index (χ0) is 17.8. The molecule has 1 aliphatic rings. The molecule has 1 aliphatic heterocycles. The molecule has 3 heterocycles. The van der Waals surface area contributed by atoms with Crippen LogP contribution in [0.1, 0.15) is 23.7 Å². The van der Waals surface area contributed by atoms with Crippen molar-refractivity contribution in [2.24, 2.45) is 0 Å². The molecule has 1 aromatic carbocycles. The van der Waals surface area contributed by atoms with Crippen LogP contribution >= 0.6 is 23.1 Å². The minimum absolute atomic E-state index is 0.161. The van der Waals surface area contributed by atoms with Crippen molar-refractivity contribution in [1.82, 2.24) is 15.0 Å². The van der Waals surface area contributed by atoms with Gasteiger partial charge in [0.05, 0.1) is 11.3 Å². The van der Waals surface area contributed by atoms with Gasteiger partial charge in [0.1, 0.15) is 0 Å². The molecule has 134 valence electrons. The predicted molar refractivity (Wildman–Crippen MR) is 104 cm³/mol. The maximum absolute atomic E-state index is 12.4. The molecule has 3 aromatic rings. The van der Waals surface area contributed by atoms with Crippen molar-refractivity contribution in [3.63, 3.8) is 0 Å². The molecule has 0 aliphatic carbocycles. The molecule has 1 atom stereocenters. The predicted octanol–water partition coefficient (Wildman–Crippen LogP) is 4.05. The van der Waals surface area contributed by atoms with E-state index < -0.39 is 0 Å². The lowest BCUT2D eigenvalue weighted by atomic mass is 10.1. The van der Waals surface area contributed by atoms with E-state index in [9.17, 15) is 4.79 Å². The molecule has 2 aromatic heterocycles. The molecule has 1 amide bonds. The molecule has 1 fully saturated rings. The minimum atomic E-state index is 0.161. The highest BCUT2D eigenvalue weighted by atomic mass is 32.2. The number of hydrogen-bond donors (Lipinski definition) is 0. The van der Waals surface area contributed by atoms with Gasteiger partial charge in [-0.1, -0.05) is 35.5 Å². The van der Waals surface area contributed by atoms with Gasteiger partial charge in [-0.05, 0) is 23.4 Å². The number of thiophene rings is 1. The number of rotatable bonds is 6. The largest absolute Gasteiger partial charge is 0.341 e. The summed E-state index contributed by atoms with van der Waals surface area (Å²) >= 11 is 3.26. The Morgan fingerprint density at radius 3 is 3.00 bits per heavy atom. The Morgan fingerprint density at radius 1 is 1.31 bits per heavy atom. The molecule has 7 heteroatoms. The summed E-state index contributed by atoms with van der Waals surface area (Å²) in [5.74, 6) is 2.99. The normalized spacial score (nSPS) is 16.9. The van der Waals surface area contributed by atoms with Gasteiger partial charge in [-0.3, -0.25) is 4.79 Å². The van der Waals surface area contributed by atoms with Crippen molar-refractivity contribution in [2.75, 3.05) is 18.8 Å². The van der Waals surface area contributed by atoms with Crippen LogP contribution in [0.4, 0.5) is 0 Å². The number of benzene rings is 1. The summed E-state index contributed by atoms with van der Waals surface area (Å²) in [5.41, 5.74) is 2.20. The van der Waals surface area contributed by atoms with E-state index in [4.69, 9.17) is 4.52 Å². The summed E-state index contributed by atoms with van der Waals surface area (Å²) in [6.07, 6.45) is 0.887. The summed E-state index contributed by atoms with van der Waals surface area (Å²) in [6.45, 7) is 1.44. The summed E-state index contributed by atoms with van der Waals surface area (Å²) in [4.78, 5) is 18.9. The van der Waals surface area contributed by atoms with Crippen LogP contribution in [0.25, 0.3) is 11.5 Å². The second kappa shape index (κ2) is 8.05. The van der Waals surface area contributed by atoms with Crippen LogP contribution in [-0.2, 0) is 10.5 Å². The van der Waals surface area contributed by atoms with Crippen molar-refractivity contribution in [3.8, 4) is 11.5 Å². The SMILES string of the molecule is O=C(CSCc1ccccc1)N1CCC(c2noc(-c3ccsc3)n2)C1. The quantitative estimate of drug-likeness (QED) is 0.641. The number of carbonyl (C=O) groups is 1. The van der Waals surface area contributed by atoms with Gasteiger partial charge in [0.25, 0.3) is 5.89 Å². The first kappa shape index (κ1) is 17.3. The van der Waals surface area contributed by atoms with Gasteiger partial charge in [0, 0.05) is 30.1 Å². The average molecular weight is 386 g/mol. The molecule has 1 unspecified atom stereocenters. The third-order valence-electron chi connectivity index (χ3n) is 4.45. The summed E-state index contributed by atoms with van der Waals surface area (Å²) < 4.78 is 5.37. The third-order valence-corrected chi connectivity index (χ3v) is 6.12. The van der Waals surface area contributed by atoms with E-state index in [1.807, 2.05) is 39.9 Å². The molecule has 0 saturated carbocycles. The molecular weight excluding hydrogens is 366 g/mol. The highest BCUT2D eigenvalue weighted by Crippen LogP contribution is 2.28. The van der Waals surface area contributed by atoms with E-state index in [0.29, 0.717) is 24.0 Å². The standard InChI is InChI=1S/C19H19N3O2S2/c23-17(13-26-11-14-4-2-1-3-5-14)22-8-6-15(10-22)18-20-19(24-21-18)16-7-9-25-12-16/h1-5,7,9,12,15H,6,8,10-11,13H2. The Hall–Kier alpha value is -2.12. The first-order valence-corrected chi connectivity index (χ1v) is 10.6. The second-order valence-corrected chi connectivity index (χ2v) is 8.04. The molecule has 0 spiro atoms. The van der Waals surface area contributed by atoms with Crippen LogP contribution in [0.15, 0.2) is 51.7 Å². The zero-order valence-electron chi connectivity index (χ0n) is 14.2. The van der Waals surface area contributed by atoms with Crippen LogP contribution in [0.5, 0.6) is 0 Å². The first-order valence-electron chi connectivity index (χ1n) is 8.55. The maximum atomic E-state index is 12.4. The lowest BCUT2D eigenvalue weighted by Gasteiger charge is -2.15. The van der Waals surface area contributed by atoms with E-state index in [2.05, 4.69) is 22.3 Å². The van der Waals surface area contributed by atoms with E-state index in [0.717, 1.165) is 24.3 Å². The molecule has 0 N–H and O–H groups in total. The van der Waals surface area contributed by atoms with Crippen LogP contribution in [0.2, 0.25) is 0 Å². The van der Waals surface area contributed by atoms with Gasteiger partial charge in [-0.2, -0.15) is 16.3 Å². The molecule has 5 nitrogen and oxygen atoms in total. The van der Waals surface area contributed by atoms with Gasteiger partial charge in [-0.15, -0.1) is 11.8 Å². The summed E-state index contributed by atoms with van der Waals surface area (Å²) in [5, 5.41) is 8.11. The highest BCUT2D eigenvalue weighted by Gasteiger charge is 2.30. The molecular formula is C19H19N3O2S2. The molecule has 4 rings (SSSR count). The second-order valence-electron chi connectivity index (χ2n) is 6.27. The summed E-state index contributed by atoms with van der Waals surface area (Å²) in [7, 11) is 0. The average Bonchev–Trinajstić information content (AvgIpc) is 3.42. The van der Waals surface area contributed by atoms with E-state index >= 15 is 0 Å². The lowest BCUT2D eigenvalue weighted by molar-refractivity contribution is -0.127. The number of amides is 1. The molecule has 0 bridgehead atoms. The highest BCUT2D eigenvalue weighted by molar-refractivity contribution is 7.99.